The van der Waals surface area contributed by atoms with Gasteiger partial charge < -0.3 is 43.3 Å². The third-order valence-corrected chi connectivity index (χ3v) is 15.2. The smallest absolute Gasteiger partial charge is 0.326 e. The number of hydrogen-bond acceptors (Lipinski definition) is 13. The lowest BCUT2D eigenvalue weighted by molar-refractivity contribution is -0.135. The van der Waals surface area contributed by atoms with Crippen LogP contribution in [0.1, 0.15) is 95.1 Å². The van der Waals surface area contributed by atoms with E-state index in [-0.39, 0.29) is 107 Å². The summed E-state index contributed by atoms with van der Waals surface area (Å²) >= 11 is 12.7. The van der Waals surface area contributed by atoms with Crippen molar-refractivity contribution in [2.75, 3.05) is 80.4 Å². The molecule has 6 aromatic rings. The van der Waals surface area contributed by atoms with Crippen molar-refractivity contribution >= 4 is 52.8 Å². The molecule has 0 unspecified atom stereocenters. The van der Waals surface area contributed by atoms with Crippen molar-refractivity contribution in [3.8, 4) is 34.4 Å². The molecule has 0 spiro atoms. The fourth-order valence-electron chi connectivity index (χ4n) is 10.3. The number of rotatable bonds is 18. The number of halogens is 3. The number of nitriles is 1. The van der Waals surface area contributed by atoms with E-state index in [0.29, 0.717) is 73.3 Å². The highest BCUT2D eigenvalue weighted by molar-refractivity contribution is 6.30. The summed E-state index contributed by atoms with van der Waals surface area (Å²) < 4.78 is 45.8. The lowest BCUT2D eigenvalue weighted by Gasteiger charge is -2.38. The average Bonchev–Trinajstić information content (AvgIpc) is 2.93. The molecule has 0 aliphatic carbocycles. The molecule has 434 valence electrons. The van der Waals surface area contributed by atoms with Crippen molar-refractivity contribution in [3.63, 3.8) is 0 Å². The third-order valence-electron chi connectivity index (χ3n) is 14.7. The first-order valence-corrected chi connectivity index (χ1v) is 28.1. The highest BCUT2D eigenvalue weighted by Crippen LogP contribution is 2.46. The number of aromatic nitrogens is 3. The molecular weight excluding hydrogens is 1110 g/mol. The van der Waals surface area contributed by atoms with E-state index in [9.17, 15) is 24.0 Å². The lowest BCUT2D eigenvalue weighted by Crippen LogP contribution is -2.56. The van der Waals surface area contributed by atoms with E-state index in [2.05, 4.69) is 11.1 Å². The zero-order chi connectivity index (χ0) is 59.1. The van der Waals surface area contributed by atoms with Gasteiger partial charge >= 0.3 is 6.03 Å². The van der Waals surface area contributed by atoms with Crippen LogP contribution < -0.4 is 14.2 Å². The predicted octanol–water partition coefficient (Wildman–Crippen LogP) is 9.48. The second kappa shape index (κ2) is 26.4. The van der Waals surface area contributed by atoms with Crippen molar-refractivity contribution in [2.45, 2.75) is 71.5 Å². The Morgan fingerprint density at radius 1 is 0.892 bits per heavy atom. The number of urea groups is 1. The Morgan fingerprint density at radius 3 is 2.28 bits per heavy atom. The number of fused-ring (bicyclic) bond motifs is 5. The minimum atomic E-state index is -0.703. The average molecular weight is 1170 g/mol. The second-order valence-corrected chi connectivity index (χ2v) is 21.6. The Kier molecular flexibility index (Phi) is 19.0. The van der Waals surface area contributed by atoms with E-state index < -0.39 is 30.0 Å². The number of aliphatic imine (C=N–C) groups is 1. The first-order valence-electron chi connectivity index (χ1n) is 27.3. The number of ether oxygens (including phenoxy) is 5. The first-order chi connectivity index (χ1) is 39.9. The molecule has 1 fully saturated rings. The second-order valence-electron chi connectivity index (χ2n) is 20.7. The van der Waals surface area contributed by atoms with Crippen LogP contribution in [0.25, 0.3) is 11.1 Å². The van der Waals surface area contributed by atoms with E-state index >= 15 is 4.79 Å². The number of likely N-dealkylation sites (N-methyl/N-ethyl adjacent to an activating group) is 1. The first kappa shape index (κ1) is 59.5. The van der Waals surface area contributed by atoms with Crippen LogP contribution in [0.3, 0.4) is 0 Å². The lowest BCUT2D eigenvalue weighted by atomic mass is 9.93. The van der Waals surface area contributed by atoms with Crippen LogP contribution in [0.15, 0.2) is 102 Å². The Balaban J connectivity index is 0.770. The molecule has 0 N–H and O–H groups in total. The van der Waals surface area contributed by atoms with Crippen LogP contribution in [-0.2, 0) is 32.2 Å². The number of methoxy groups -OCH3 is 1. The number of amidine groups is 1. The molecule has 22 heteroatoms. The Labute approximate surface area is 491 Å². The summed E-state index contributed by atoms with van der Waals surface area (Å²) in [5.74, 6) is 0.525. The maximum Gasteiger partial charge on any atom is 0.326 e. The number of pyridine rings is 1. The van der Waals surface area contributed by atoms with E-state index in [1.165, 1.54) is 32.7 Å². The van der Waals surface area contributed by atoms with Gasteiger partial charge in [0.2, 0.25) is 11.8 Å². The van der Waals surface area contributed by atoms with Gasteiger partial charge in [-0.15, -0.1) is 0 Å². The van der Waals surface area contributed by atoms with Crippen LogP contribution in [0.2, 0.25) is 10.0 Å². The quantitative estimate of drug-likeness (QED) is 0.0740. The fourth-order valence-corrected chi connectivity index (χ4v) is 10.5. The van der Waals surface area contributed by atoms with Crippen LogP contribution >= 0.6 is 23.2 Å². The van der Waals surface area contributed by atoms with Crippen molar-refractivity contribution in [1.29, 1.82) is 5.26 Å². The molecule has 83 heavy (non-hydrogen) atoms. The summed E-state index contributed by atoms with van der Waals surface area (Å²) in [6, 6.07) is 26.5. The largest absolute Gasteiger partial charge is 0.497 e. The predicted molar refractivity (Wildman–Crippen MR) is 309 cm³/mol. The van der Waals surface area contributed by atoms with E-state index in [4.69, 9.17) is 57.0 Å². The van der Waals surface area contributed by atoms with Gasteiger partial charge in [0.1, 0.15) is 59.4 Å². The summed E-state index contributed by atoms with van der Waals surface area (Å²) in [4.78, 5) is 73.7. The molecule has 2 bridgehead atoms. The zero-order valence-corrected chi connectivity index (χ0v) is 48.8. The Hall–Kier alpha value is -8.09. The molecular formula is C61H65Cl2FN10O9. The summed E-state index contributed by atoms with van der Waals surface area (Å²) in [6.07, 6.45) is 0.793. The van der Waals surface area contributed by atoms with E-state index in [1.54, 1.807) is 98.4 Å². The number of carbonyl (C=O) groups excluding carboxylic acids is 4. The van der Waals surface area contributed by atoms with Gasteiger partial charge in [-0.1, -0.05) is 47.5 Å². The van der Waals surface area contributed by atoms with Crippen molar-refractivity contribution in [2.24, 2.45) is 4.99 Å². The van der Waals surface area contributed by atoms with Crippen molar-refractivity contribution in [3.05, 3.63) is 158 Å². The van der Waals surface area contributed by atoms with Gasteiger partial charge in [0.25, 0.3) is 5.91 Å². The van der Waals surface area contributed by atoms with Crippen LogP contribution in [-0.4, -0.2) is 155 Å². The molecule has 3 aliphatic rings. The van der Waals surface area contributed by atoms with Gasteiger partial charge in [-0.05, 0) is 99.5 Å². The van der Waals surface area contributed by atoms with Gasteiger partial charge in [-0.25, -0.2) is 9.18 Å². The molecule has 3 atom stereocenters. The number of benzene rings is 4. The molecule has 5 heterocycles. The molecule has 0 radical (unpaired) electrons. The van der Waals surface area contributed by atoms with Gasteiger partial charge in [-0.3, -0.25) is 33.9 Å². The van der Waals surface area contributed by atoms with Crippen LogP contribution in [0.5, 0.6) is 17.2 Å². The third kappa shape index (κ3) is 13.6. The van der Waals surface area contributed by atoms with Gasteiger partial charge in [0.05, 0.1) is 82.1 Å². The number of amides is 5. The molecule has 3 aliphatic heterocycles. The molecule has 9 rings (SSSR count). The number of carbonyl (C=O) groups is 4. The molecule has 5 amide bonds. The minimum Gasteiger partial charge on any atom is -0.497 e. The van der Waals surface area contributed by atoms with Crippen molar-refractivity contribution < 1.29 is 47.3 Å². The van der Waals surface area contributed by atoms with Gasteiger partial charge in [0.15, 0.2) is 0 Å². The standard InChI is InChI=1S/C61H65Cl2FN10O9/c1-37(2)82-53-32-46(79-7)17-19-48(53)59-67-57(40-8-12-43(62)13-9-40)58(41-10-14-44(63)15-11-41)74(59)61(78)72-23-22-71(55(76)36-72)25-27-81-29-28-80-26-20-54(75)69(5)21-24-73-51(33-65)56-42-30-52(38(3)66-34-42)83-39(4)49-31-45(64)16-18-47(49)60(77)70(6)35-50(56)68-73/h8-19,30-32,34,37,39,57-58H,20-29,35-36H2,1-7H3/t39-,57-,58+/m1/s1. The molecule has 4 aromatic carbocycles. The summed E-state index contributed by atoms with van der Waals surface area (Å²) in [5.41, 5.74) is 5.11. The zero-order valence-electron chi connectivity index (χ0n) is 47.3. The number of aryl methyl sites for hydroxylation is 1. The van der Waals surface area contributed by atoms with Gasteiger partial charge in [0, 0.05) is 84.8 Å². The van der Waals surface area contributed by atoms with Crippen LogP contribution in [0, 0.1) is 24.1 Å². The number of nitrogens with zero attached hydrogens (tertiary/aromatic N) is 10. The monoisotopic (exact) mass is 1170 g/mol. The topological polar surface area (TPSA) is 197 Å². The Morgan fingerprint density at radius 2 is 1.59 bits per heavy atom. The highest BCUT2D eigenvalue weighted by atomic mass is 35.5. The molecule has 19 nitrogen and oxygen atoms in total. The van der Waals surface area contributed by atoms with E-state index in [1.807, 2.05) is 44.2 Å². The SMILES string of the molecule is COc1ccc(C2=N[C@H](c3ccc(Cl)cc3)[C@H](c3ccc(Cl)cc3)N2C(=O)N2CCN(CCOCCOCCC(=O)N(C)CCn3nc4c(c3C#N)-c3cnc(C)c(c3)O[C@H](C)c3cc(F)ccc3C(=O)N(C)C4)C(=O)C2)c(OC(C)C)c1. The van der Waals surface area contributed by atoms with Crippen molar-refractivity contribution in [1.82, 2.24) is 39.3 Å². The molecule has 1 saturated heterocycles. The maximum atomic E-state index is 15.1. The number of hydrogen-bond donors (Lipinski definition) is 0. The van der Waals surface area contributed by atoms with E-state index in [0.717, 1.165) is 11.1 Å². The highest BCUT2D eigenvalue weighted by Gasteiger charge is 2.46. The maximum absolute atomic E-state index is 15.1. The number of piperazine rings is 1. The molecule has 0 saturated carbocycles. The fraction of sp³-hybridized carbons (Fsp3) is 0.377. The minimum absolute atomic E-state index is 0.0269. The molecule has 2 aromatic heterocycles. The Bertz CT molecular complexity index is 3450. The van der Waals surface area contributed by atoms with Gasteiger partial charge in [-0.2, -0.15) is 10.4 Å². The normalized spacial score (nSPS) is 17.0. The van der Waals surface area contributed by atoms with Crippen LogP contribution in [0.4, 0.5) is 9.18 Å². The summed E-state index contributed by atoms with van der Waals surface area (Å²) in [6.45, 7) is 9.18. The summed E-state index contributed by atoms with van der Waals surface area (Å²) in [5, 5.41) is 16.4. The summed E-state index contributed by atoms with van der Waals surface area (Å²) in [7, 11) is 4.84.